The Morgan fingerprint density at radius 2 is 1.71 bits per heavy atom. The number of hydrogen-bond donors (Lipinski definition) is 0. The number of aryl methyl sites for hydroxylation is 1. The van der Waals surface area contributed by atoms with Crippen molar-refractivity contribution < 1.29 is 8.42 Å². The maximum Gasteiger partial charge on any atom is 0.182 e. The Balaban J connectivity index is 1.58. The Labute approximate surface area is 220 Å². The van der Waals surface area contributed by atoms with Gasteiger partial charge in [-0.25, -0.2) is 8.42 Å². The van der Waals surface area contributed by atoms with Gasteiger partial charge in [-0.3, -0.25) is 0 Å². The summed E-state index contributed by atoms with van der Waals surface area (Å²) in [6, 6.07) is 17.6. The van der Waals surface area contributed by atoms with Gasteiger partial charge < -0.3 is 0 Å². The topological polar surface area (TPSA) is 34.1 Å². The average Bonchev–Trinajstić information content (AvgIpc) is 2.76. The average molecular weight is 602 g/mol. The summed E-state index contributed by atoms with van der Waals surface area (Å²) in [5.41, 5.74) is 8.31. The van der Waals surface area contributed by atoms with Crippen LogP contribution >= 0.6 is 31.9 Å². The first-order valence-corrected chi connectivity index (χ1v) is 14.9. The Morgan fingerprint density at radius 1 is 1.00 bits per heavy atom. The molecule has 0 N–H and O–H groups in total. The third-order valence-corrected chi connectivity index (χ3v) is 9.74. The van der Waals surface area contributed by atoms with Crippen LogP contribution in [-0.2, 0) is 28.4 Å². The van der Waals surface area contributed by atoms with E-state index >= 15 is 0 Å². The van der Waals surface area contributed by atoms with Crippen molar-refractivity contribution in [1.82, 2.24) is 0 Å². The van der Waals surface area contributed by atoms with Crippen LogP contribution in [0.5, 0.6) is 0 Å². The fraction of sp³-hybridized carbons (Fsp3) is 0.310. The maximum absolute atomic E-state index is 13.0. The predicted molar refractivity (Wildman–Crippen MR) is 149 cm³/mol. The fourth-order valence-electron chi connectivity index (χ4n) is 5.00. The molecule has 2 nitrogen and oxygen atoms in total. The molecular formula is C29H30Br2O2S. The van der Waals surface area contributed by atoms with E-state index in [4.69, 9.17) is 0 Å². The van der Waals surface area contributed by atoms with Crippen molar-refractivity contribution in [3.8, 4) is 0 Å². The van der Waals surface area contributed by atoms with Crippen LogP contribution in [0.1, 0.15) is 59.6 Å². The molecule has 0 aromatic heterocycles. The Morgan fingerprint density at radius 3 is 2.35 bits per heavy atom. The summed E-state index contributed by atoms with van der Waals surface area (Å²) in [5.74, 6) is 0.839. The molecule has 3 aromatic carbocycles. The van der Waals surface area contributed by atoms with E-state index in [9.17, 15) is 8.42 Å². The third kappa shape index (κ3) is 5.42. The summed E-state index contributed by atoms with van der Waals surface area (Å²) in [6.07, 6.45) is 2.96. The number of benzene rings is 3. The quantitative estimate of drug-likeness (QED) is 0.284. The lowest BCUT2D eigenvalue weighted by Crippen LogP contribution is -2.16. The van der Waals surface area contributed by atoms with Gasteiger partial charge in [0.25, 0.3) is 0 Å². The Hall–Kier alpha value is -1.69. The molecule has 4 rings (SSSR count). The molecule has 1 unspecified atom stereocenters. The predicted octanol–water partition coefficient (Wildman–Crippen LogP) is 8.44. The highest BCUT2D eigenvalue weighted by Gasteiger charge is 2.26. The highest BCUT2D eigenvalue weighted by Crippen LogP contribution is 2.40. The summed E-state index contributed by atoms with van der Waals surface area (Å²) in [7, 11) is -3.44. The largest absolute Gasteiger partial charge is 0.223 e. The van der Waals surface area contributed by atoms with Crippen LogP contribution in [0.4, 0.5) is 0 Å². The van der Waals surface area contributed by atoms with Crippen LogP contribution in [0.15, 0.2) is 75.0 Å². The molecule has 0 amide bonds. The number of allylic oxidation sites excluding steroid dienone is 1. The van der Waals surface area contributed by atoms with Gasteiger partial charge in [0, 0.05) is 8.95 Å². The van der Waals surface area contributed by atoms with Crippen LogP contribution in [0, 0.1) is 12.8 Å². The minimum Gasteiger partial charge on any atom is -0.223 e. The van der Waals surface area contributed by atoms with Gasteiger partial charge in [-0.05, 0) is 107 Å². The molecule has 5 heteroatoms. The molecule has 0 aliphatic heterocycles. The Kier molecular flexibility index (Phi) is 7.56. The standard InChI is InChI=1S/C29H30Br2O2S/c1-18(2)26-11-5-21(13-19(26)3)14-23-6-12-27-28(20(23)4)15-22(16-29(27)31)17-34(32,33)25-9-7-24(30)8-10-25/h5,7-11,13,15-16,18,23H,4,6,12,14,17H2,1-3H3. The highest BCUT2D eigenvalue weighted by atomic mass is 79.9. The molecule has 178 valence electrons. The molecule has 3 aromatic rings. The van der Waals surface area contributed by atoms with Gasteiger partial charge in [0.15, 0.2) is 9.84 Å². The van der Waals surface area contributed by atoms with E-state index in [1.807, 2.05) is 12.1 Å². The minimum absolute atomic E-state index is 0.0334. The van der Waals surface area contributed by atoms with Crippen molar-refractivity contribution in [3.63, 3.8) is 0 Å². The molecule has 0 bridgehead atoms. The van der Waals surface area contributed by atoms with Crippen molar-refractivity contribution in [2.24, 2.45) is 5.92 Å². The lowest BCUT2D eigenvalue weighted by Gasteiger charge is -2.29. The number of halogens is 2. The van der Waals surface area contributed by atoms with Gasteiger partial charge in [0.2, 0.25) is 0 Å². The molecule has 0 fully saturated rings. The molecule has 1 aliphatic rings. The van der Waals surface area contributed by atoms with Crippen LogP contribution in [0.2, 0.25) is 0 Å². The second kappa shape index (κ2) is 10.1. The van der Waals surface area contributed by atoms with Gasteiger partial charge in [-0.2, -0.15) is 0 Å². The molecule has 34 heavy (non-hydrogen) atoms. The first-order valence-electron chi connectivity index (χ1n) is 11.6. The third-order valence-electron chi connectivity index (χ3n) is 6.80. The van der Waals surface area contributed by atoms with E-state index in [1.54, 1.807) is 24.3 Å². The van der Waals surface area contributed by atoms with E-state index in [0.29, 0.717) is 16.7 Å². The highest BCUT2D eigenvalue weighted by molar-refractivity contribution is 9.10. The summed E-state index contributed by atoms with van der Waals surface area (Å²) in [5, 5.41) is 0. The SMILES string of the molecule is C=C1c2cc(CS(=O)(=O)c3ccc(Br)cc3)cc(Br)c2CCC1Cc1ccc(C(C)C)c(C)c1. The summed E-state index contributed by atoms with van der Waals surface area (Å²) in [4.78, 5) is 0.335. The van der Waals surface area contributed by atoms with Crippen molar-refractivity contribution in [3.05, 3.63) is 104 Å². The van der Waals surface area contributed by atoms with Crippen molar-refractivity contribution in [1.29, 1.82) is 0 Å². The molecular weight excluding hydrogens is 572 g/mol. The minimum atomic E-state index is -3.44. The molecule has 1 atom stereocenters. The van der Waals surface area contributed by atoms with Gasteiger partial charge in [0.05, 0.1) is 10.6 Å². The molecule has 0 saturated carbocycles. The Bertz CT molecular complexity index is 1340. The zero-order chi connectivity index (χ0) is 24.6. The molecule has 0 spiro atoms. The summed E-state index contributed by atoms with van der Waals surface area (Å²) in [6.45, 7) is 11.1. The van der Waals surface area contributed by atoms with Crippen molar-refractivity contribution in [2.75, 3.05) is 0 Å². The van der Waals surface area contributed by atoms with Crippen LogP contribution in [0.25, 0.3) is 5.57 Å². The van der Waals surface area contributed by atoms with Gasteiger partial charge in [0.1, 0.15) is 0 Å². The van der Waals surface area contributed by atoms with E-state index in [0.717, 1.165) is 44.9 Å². The first kappa shape index (κ1) is 25.4. The lowest BCUT2D eigenvalue weighted by atomic mass is 9.77. The smallest absolute Gasteiger partial charge is 0.182 e. The molecule has 0 radical (unpaired) electrons. The number of fused-ring (bicyclic) bond motifs is 1. The second-order valence-corrected chi connectivity index (χ2v) is 13.4. The summed E-state index contributed by atoms with van der Waals surface area (Å²) < 4.78 is 27.9. The zero-order valence-electron chi connectivity index (χ0n) is 19.9. The van der Waals surface area contributed by atoms with Crippen LogP contribution in [0.3, 0.4) is 0 Å². The van der Waals surface area contributed by atoms with E-state index in [1.165, 1.54) is 22.3 Å². The van der Waals surface area contributed by atoms with Crippen molar-refractivity contribution >= 4 is 47.3 Å². The van der Waals surface area contributed by atoms with Crippen LogP contribution < -0.4 is 0 Å². The monoisotopic (exact) mass is 600 g/mol. The van der Waals surface area contributed by atoms with E-state index in [-0.39, 0.29) is 5.75 Å². The van der Waals surface area contributed by atoms with Crippen LogP contribution in [-0.4, -0.2) is 8.42 Å². The number of hydrogen-bond acceptors (Lipinski definition) is 2. The number of rotatable bonds is 6. The fourth-order valence-corrected chi connectivity index (χ4v) is 7.29. The molecule has 0 heterocycles. The lowest BCUT2D eigenvalue weighted by molar-refractivity contribution is 0.585. The second-order valence-electron chi connectivity index (χ2n) is 9.63. The van der Waals surface area contributed by atoms with Crippen molar-refractivity contribution in [2.45, 2.75) is 56.6 Å². The zero-order valence-corrected chi connectivity index (χ0v) is 23.9. The van der Waals surface area contributed by atoms with Gasteiger partial charge in [-0.15, -0.1) is 0 Å². The normalized spacial score (nSPS) is 16.1. The summed E-state index contributed by atoms with van der Waals surface area (Å²) >= 11 is 7.08. The van der Waals surface area contributed by atoms with Gasteiger partial charge >= 0.3 is 0 Å². The van der Waals surface area contributed by atoms with Gasteiger partial charge in [-0.1, -0.05) is 76.6 Å². The maximum atomic E-state index is 13.0. The molecule has 1 aliphatic carbocycles. The van der Waals surface area contributed by atoms with E-state index < -0.39 is 9.84 Å². The number of sulfone groups is 1. The first-order chi connectivity index (χ1) is 16.0. The molecule has 0 saturated heterocycles. The van der Waals surface area contributed by atoms with E-state index in [2.05, 4.69) is 77.4 Å².